The molecule has 0 unspecified atom stereocenters. The zero-order chi connectivity index (χ0) is 13.2. The molecule has 0 amide bonds. The molecule has 3 N–H and O–H groups in total. The van der Waals surface area contributed by atoms with Gasteiger partial charge in [-0.05, 0) is 18.2 Å². The first-order chi connectivity index (χ1) is 8.49. The van der Waals surface area contributed by atoms with Crippen LogP contribution in [0.4, 0.5) is 15.8 Å². The largest absolute Gasteiger partial charge is 0.399 e. The molecular formula is C10H9FN4O2S. The fourth-order valence-corrected chi connectivity index (χ4v) is 2.43. The Balaban J connectivity index is 2.40. The third kappa shape index (κ3) is 2.54. The van der Waals surface area contributed by atoms with E-state index < -0.39 is 20.7 Å². The number of hydrogen-bond donors (Lipinski definition) is 2. The van der Waals surface area contributed by atoms with Crippen LogP contribution in [0.5, 0.6) is 0 Å². The van der Waals surface area contributed by atoms with Crippen LogP contribution in [0.3, 0.4) is 0 Å². The molecular weight excluding hydrogens is 259 g/mol. The van der Waals surface area contributed by atoms with E-state index in [1.807, 2.05) is 0 Å². The number of nitrogens with zero attached hydrogens (tertiary/aromatic N) is 2. The summed E-state index contributed by atoms with van der Waals surface area (Å²) in [4.78, 5) is 6.77. The van der Waals surface area contributed by atoms with Crippen molar-refractivity contribution in [2.24, 2.45) is 0 Å². The molecule has 0 spiro atoms. The molecule has 2 rings (SSSR count). The Bertz CT molecular complexity index is 661. The van der Waals surface area contributed by atoms with Gasteiger partial charge in [-0.2, -0.15) is 0 Å². The van der Waals surface area contributed by atoms with Gasteiger partial charge in [0.1, 0.15) is 17.0 Å². The lowest BCUT2D eigenvalue weighted by Crippen LogP contribution is -2.15. The molecule has 0 aliphatic heterocycles. The predicted molar refractivity (Wildman–Crippen MR) is 63.7 cm³/mol. The van der Waals surface area contributed by atoms with Gasteiger partial charge in [0, 0.05) is 5.69 Å². The normalized spacial score (nSPS) is 11.2. The van der Waals surface area contributed by atoms with E-state index in [4.69, 9.17) is 5.73 Å². The van der Waals surface area contributed by atoms with E-state index in [-0.39, 0.29) is 11.4 Å². The van der Waals surface area contributed by atoms with E-state index in [0.29, 0.717) is 0 Å². The van der Waals surface area contributed by atoms with Gasteiger partial charge in [-0.25, -0.2) is 22.8 Å². The topological polar surface area (TPSA) is 98.0 Å². The number of rotatable bonds is 3. The lowest BCUT2D eigenvalue weighted by molar-refractivity contribution is 0.570. The van der Waals surface area contributed by atoms with Gasteiger partial charge in [0.15, 0.2) is 0 Å². The van der Waals surface area contributed by atoms with Crippen molar-refractivity contribution in [2.45, 2.75) is 4.90 Å². The van der Waals surface area contributed by atoms with Gasteiger partial charge in [-0.1, -0.05) is 0 Å². The molecule has 6 nitrogen and oxygen atoms in total. The summed E-state index contributed by atoms with van der Waals surface area (Å²) in [6.07, 6.45) is 3.77. The molecule has 0 aliphatic carbocycles. The fourth-order valence-electron chi connectivity index (χ4n) is 1.29. The minimum absolute atomic E-state index is 0.138. The second kappa shape index (κ2) is 4.57. The number of hydrogen-bond acceptors (Lipinski definition) is 5. The number of benzene rings is 1. The highest BCUT2D eigenvalue weighted by Crippen LogP contribution is 2.20. The van der Waals surface area contributed by atoms with Crippen molar-refractivity contribution in [1.29, 1.82) is 0 Å². The SMILES string of the molecule is Nc1ccc(F)c(S(=O)(=O)Nc2cncnc2)c1. The molecule has 1 aromatic heterocycles. The third-order valence-electron chi connectivity index (χ3n) is 2.06. The second-order valence-electron chi connectivity index (χ2n) is 3.42. The van der Waals surface area contributed by atoms with Crippen LogP contribution in [0, 0.1) is 5.82 Å². The van der Waals surface area contributed by atoms with Gasteiger partial charge >= 0.3 is 0 Å². The molecule has 0 saturated carbocycles. The van der Waals surface area contributed by atoms with Crippen LogP contribution in [0.2, 0.25) is 0 Å². The van der Waals surface area contributed by atoms with Crippen molar-refractivity contribution in [1.82, 2.24) is 9.97 Å². The Morgan fingerprint density at radius 1 is 1.22 bits per heavy atom. The monoisotopic (exact) mass is 268 g/mol. The van der Waals surface area contributed by atoms with Gasteiger partial charge in [0.25, 0.3) is 10.0 Å². The van der Waals surface area contributed by atoms with E-state index in [9.17, 15) is 12.8 Å². The molecule has 0 bridgehead atoms. The lowest BCUT2D eigenvalue weighted by Gasteiger charge is -2.08. The zero-order valence-electron chi connectivity index (χ0n) is 9.04. The molecule has 1 heterocycles. The zero-order valence-corrected chi connectivity index (χ0v) is 9.86. The minimum atomic E-state index is -4.05. The number of halogens is 1. The molecule has 94 valence electrons. The number of nitrogens with one attached hydrogen (secondary N) is 1. The van der Waals surface area contributed by atoms with Crippen molar-refractivity contribution in [3.05, 3.63) is 42.7 Å². The molecule has 2 aromatic rings. The number of nitrogens with two attached hydrogens (primary N) is 1. The first-order valence-electron chi connectivity index (χ1n) is 4.82. The van der Waals surface area contributed by atoms with Crippen LogP contribution in [0.25, 0.3) is 0 Å². The highest BCUT2D eigenvalue weighted by molar-refractivity contribution is 7.92. The number of aromatic nitrogens is 2. The van der Waals surface area contributed by atoms with Crippen molar-refractivity contribution in [2.75, 3.05) is 10.5 Å². The van der Waals surface area contributed by atoms with Gasteiger partial charge < -0.3 is 5.73 Å². The maximum absolute atomic E-state index is 13.5. The maximum Gasteiger partial charge on any atom is 0.264 e. The lowest BCUT2D eigenvalue weighted by atomic mass is 10.3. The van der Waals surface area contributed by atoms with Crippen LogP contribution in [0.1, 0.15) is 0 Å². The Labute approximate surface area is 103 Å². The Morgan fingerprint density at radius 3 is 2.56 bits per heavy atom. The average molecular weight is 268 g/mol. The summed E-state index contributed by atoms with van der Waals surface area (Å²) < 4.78 is 39.4. The summed E-state index contributed by atoms with van der Waals surface area (Å²) in [5.74, 6) is -0.881. The van der Waals surface area contributed by atoms with Crippen LogP contribution in [-0.4, -0.2) is 18.4 Å². The van der Waals surface area contributed by atoms with Gasteiger partial charge in [-0.15, -0.1) is 0 Å². The highest BCUT2D eigenvalue weighted by atomic mass is 32.2. The van der Waals surface area contributed by atoms with Crippen molar-refractivity contribution >= 4 is 21.4 Å². The quantitative estimate of drug-likeness (QED) is 0.809. The number of anilines is 2. The summed E-state index contributed by atoms with van der Waals surface area (Å²) in [6.45, 7) is 0. The van der Waals surface area contributed by atoms with Crippen LogP contribution in [0.15, 0.2) is 41.8 Å². The molecule has 0 radical (unpaired) electrons. The second-order valence-corrected chi connectivity index (χ2v) is 5.07. The summed E-state index contributed by atoms with van der Waals surface area (Å²) in [6, 6.07) is 3.31. The van der Waals surface area contributed by atoms with Crippen LogP contribution in [-0.2, 0) is 10.0 Å². The maximum atomic E-state index is 13.5. The third-order valence-corrected chi connectivity index (χ3v) is 3.45. The smallest absolute Gasteiger partial charge is 0.264 e. The number of nitrogen functional groups attached to an aromatic ring is 1. The summed E-state index contributed by atoms with van der Waals surface area (Å²) in [5, 5.41) is 0. The van der Waals surface area contributed by atoms with Crippen molar-refractivity contribution < 1.29 is 12.8 Å². The van der Waals surface area contributed by atoms with E-state index in [2.05, 4.69) is 14.7 Å². The number of sulfonamides is 1. The predicted octanol–water partition coefficient (Wildman–Crippen LogP) is 0.999. The molecule has 0 aliphatic rings. The first-order valence-corrected chi connectivity index (χ1v) is 6.30. The highest BCUT2D eigenvalue weighted by Gasteiger charge is 2.19. The Hall–Kier alpha value is -2.22. The Morgan fingerprint density at radius 2 is 1.89 bits per heavy atom. The van der Waals surface area contributed by atoms with E-state index in [0.717, 1.165) is 12.1 Å². The van der Waals surface area contributed by atoms with E-state index in [1.165, 1.54) is 24.8 Å². The fraction of sp³-hybridized carbons (Fsp3) is 0. The minimum Gasteiger partial charge on any atom is -0.399 e. The molecule has 0 fully saturated rings. The van der Waals surface area contributed by atoms with Crippen LogP contribution >= 0.6 is 0 Å². The Kier molecular flexibility index (Phi) is 3.11. The summed E-state index contributed by atoms with van der Waals surface area (Å²) in [5.41, 5.74) is 5.73. The van der Waals surface area contributed by atoms with Gasteiger partial charge in [0.2, 0.25) is 0 Å². The summed E-state index contributed by atoms with van der Waals surface area (Å²) >= 11 is 0. The van der Waals surface area contributed by atoms with E-state index >= 15 is 0 Å². The van der Waals surface area contributed by atoms with Crippen molar-refractivity contribution in [3.63, 3.8) is 0 Å². The van der Waals surface area contributed by atoms with Crippen LogP contribution < -0.4 is 10.5 Å². The molecule has 18 heavy (non-hydrogen) atoms. The average Bonchev–Trinajstić information content (AvgIpc) is 2.33. The summed E-state index contributed by atoms with van der Waals surface area (Å²) in [7, 11) is -4.05. The molecule has 1 aromatic carbocycles. The van der Waals surface area contributed by atoms with E-state index in [1.54, 1.807) is 0 Å². The first kappa shape index (κ1) is 12.2. The molecule has 0 atom stereocenters. The van der Waals surface area contributed by atoms with Crippen molar-refractivity contribution in [3.8, 4) is 0 Å². The molecule has 0 saturated heterocycles. The van der Waals surface area contributed by atoms with Gasteiger partial charge in [0.05, 0.1) is 18.1 Å². The van der Waals surface area contributed by atoms with Gasteiger partial charge in [-0.3, -0.25) is 4.72 Å². The standard InChI is InChI=1S/C10H9FN4O2S/c11-9-2-1-7(12)3-10(9)18(16,17)15-8-4-13-6-14-5-8/h1-6,15H,12H2. The molecule has 8 heteroatoms.